The van der Waals surface area contributed by atoms with Crippen LogP contribution in [0.5, 0.6) is 0 Å². The number of nitrogens with two attached hydrogens (primary N) is 1. The van der Waals surface area contributed by atoms with Crippen LogP contribution >= 0.6 is 7.82 Å². The summed E-state index contributed by atoms with van der Waals surface area (Å²) in [5.41, 5.74) is 5.34. The number of phosphoric acid groups is 1. The molecule has 1 unspecified atom stereocenters. The van der Waals surface area contributed by atoms with Crippen molar-refractivity contribution in [1.82, 2.24) is 0 Å². The first-order valence-electron chi connectivity index (χ1n) is 21.1. The Morgan fingerprint density at radius 2 is 1.04 bits per heavy atom. The van der Waals surface area contributed by atoms with Crippen LogP contribution in [0.3, 0.4) is 0 Å². The average molecular weight is 768 g/mol. The van der Waals surface area contributed by atoms with E-state index >= 15 is 0 Å². The molecule has 10 heteroatoms. The van der Waals surface area contributed by atoms with Gasteiger partial charge in [-0.1, -0.05) is 146 Å². The lowest BCUT2D eigenvalue weighted by molar-refractivity contribution is -0.161. The van der Waals surface area contributed by atoms with Crippen molar-refractivity contribution in [3.05, 3.63) is 48.6 Å². The highest BCUT2D eigenvalue weighted by atomic mass is 31.2. The summed E-state index contributed by atoms with van der Waals surface area (Å²) in [5, 5.41) is 0. The Hall–Kier alpha value is -2.03. The van der Waals surface area contributed by atoms with Crippen molar-refractivity contribution in [2.45, 2.75) is 187 Å². The van der Waals surface area contributed by atoms with Gasteiger partial charge in [-0.05, 0) is 70.6 Å². The molecular formula is C43H78NO8P. The molecule has 0 heterocycles. The van der Waals surface area contributed by atoms with Crippen LogP contribution < -0.4 is 5.73 Å². The lowest BCUT2D eigenvalue weighted by Gasteiger charge is -2.19. The summed E-state index contributed by atoms with van der Waals surface area (Å²) in [6.45, 7) is 3.58. The van der Waals surface area contributed by atoms with Gasteiger partial charge in [-0.15, -0.1) is 0 Å². The zero-order valence-corrected chi connectivity index (χ0v) is 34.6. The van der Waals surface area contributed by atoms with E-state index in [2.05, 4.69) is 62.5 Å². The molecule has 0 rings (SSSR count). The zero-order valence-electron chi connectivity index (χ0n) is 33.7. The fourth-order valence-electron chi connectivity index (χ4n) is 5.58. The molecule has 0 saturated carbocycles. The van der Waals surface area contributed by atoms with Crippen molar-refractivity contribution in [3.63, 3.8) is 0 Å². The van der Waals surface area contributed by atoms with Crippen molar-refractivity contribution >= 4 is 19.8 Å². The minimum atomic E-state index is -4.38. The van der Waals surface area contributed by atoms with Gasteiger partial charge in [-0.25, -0.2) is 4.57 Å². The maximum atomic E-state index is 12.6. The number of unbranched alkanes of at least 4 members (excludes halogenated alkanes) is 18. The number of carbonyl (C=O) groups is 2. The summed E-state index contributed by atoms with van der Waals surface area (Å²) in [6, 6.07) is 0. The van der Waals surface area contributed by atoms with Gasteiger partial charge in [-0.2, -0.15) is 0 Å². The number of hydrogen-bond acceptors (Lipinski definition) is 8. The molecule has 308 valence electrons. The smallest absolute Gasteiger partial charge is 0.462 e. The molecular weight excluding hydrogens is 689 g/mol. The average Bonchev–Trinajstić information content (AvgIpc) is 3.14. The van der Waals surface area contributed by atoms with Crippen LogP contribution in [-0.4, -0.2) is 49.3 Å². The number of allylic oxidation sites excluding steroid dienone is 8. The van der Waals surface area contributed by atoms with E-state index in [4.69, 9.17) is 24.3 Å². The Bertz CT molecular complexity index is 1010. The van der Waals surface area contributed by atoms with Gasteiger partial charge in [0.05, 0.1) is 13.2 Å². The highest BCUT2D eigenvalue weighted by Crippen LogP contribution is 2.43. The molecule has 0 saturated heterocycles. The van der Waals surface area contributed by atoms with Crippen LogP contribution in [0.15, 0.2) is 48.6 Å². The first-order chi connectivity index (χ1) is 25.8. The molecule has 9 nitrogen and oxygen atoms in total. The van der Waals surface area contributed by atoms with Crippen LogP contribution in [-0.2, 0) is 32.7 Å². The standard InChI is InChI=1S/C43H78NO8P/c1-3-5-7-9-11-13-15-17-19-20-22-24-26-28-30-32-34-36-43(46)52-41(40-51-53(47,48)50-38-37-44)39-49-42(45)35-33-31-29-27-25-23-21-18-16-14-12-10-8-6-4-2/h6,8,12-15,18,21,41H,3-5,7,9-11,16-17,19-20,22-40,44H2,1-2H3,(H,47,48)/b8-6+,14-12+,15-13+,21-18+/t41-/m1/s1. The van der Waals surface area contributed by atoms with Gasteiger partial charge in [-0.3, -0.25) is 18.6 Å². The van der Waals surface area contributed by atoms with Gasteiger partial charge < -0.3 is 20.1 Å². The predicted molar refractivity (Wildman–Crippen MR) is 220 cm³/mol. The quantitative estimate of drug-likeness (QED) is 0.0271. The van der Waals surface area contributed by atoms with E-state index in [1.165, 1.54) is 70.6 Å². The summed E-state index contributed by atoms with van der Waals surface area (Å²) in [7, 11) is -4.38. The molecule has 0 aromatic heterocycles. The second-order valence-corrected chi connectivity index (χ2v) is 15.3. The lowest BCUT2D eigenvalue weighted by Crippen LogP contribution is -2.29. The van der Waals surface area contributed by atoms with Crippen LogP contribution in [0.1, 0.15) is 181 Å². The molecule has 0 radical (unpaired) electrons. The van der Waals surface area contributed by atoms with E-state index in [-0.39, 0.29) is 32.6 Å². The lowest BCUT2D eigenvalue weighted by atomic mass is 10.1. The highest BCUT2D eigenvalue weighted by molar-refractivity contribution is 7.47. The number of hydrogen-bond donors (Lipinski definition) is 2. The third-order valence-electron chi connectivity index (χ3n) is 8.70. The molecule has 0 amide bonds. The maximum Gasteiger partial charge on any atom is 0.472 e. The number of rotatable bonds is 39. The van der Waals surface area contributed by atoms with E-state index in [0.717, 1.165) is 70.6 Å². The van der Waals surface area contributed by atoms with E-state index in [0.29, 0.717) is 12.8 Å². The Kier molecular flexibility index (Phi) is 38.1. The van der Waals surface area contributed by atoms with Gasteiger partial charge in [0.25, 0.3) is 0 Å². The van der Waals surface area contributed by atoms with Crippen molar-refractivity contribution in [3.8, 4) is 0 Å². The molecule has 2 atom stereocenters. The number of carbonyl (C=O) groups excluding carboxylic acids is 2. The van der Waals surface area contributed by atoms with Gasteiger partial charge in [0.1, 0.15) is 6.61 Å². The Balaban J connectivity index is 4.19. The number of ether oxygens (including phenoxy) is 2. The molecule has 3 N–H and O–H groups in total. The fraction of sp³-hybridized carbons (Fsp3) is 0.767. The van der Waals surface area contributed by atoms with E-state index in [1.54, 1.807) is 0 Å². The Morgan fingerprint density at radius 1 is 0.585 bits per heavy atom. The van der Waals surface area contributed by atoms with Gasteiger partial charge in [0.2, 0.25) is 0 Å². The molecule has 0 bridgehead atoms. The maximum absolute atomic E-state index is 12.6. The number of esters is 2. The third kappa shape index (κ3) is 39.5. The van der Waals surface area contributed by atoms with E-state index < -0.39 is 32.5 Å². The van der Waals surface area contributed by atoms with Crippen LogP contribution in [0.4, 0.5) is 0 Å². The topological polar surface area (TPSA) is 134 Å². The Labute approximate surface area is 324 Å². The number of phosphoric ester groups is 1. The molecule has 0 aliphatic carbocycles. The fourth-order valence-corrected chi connectivity index (χ4v) is 6.35. The minimum Gasteiger partial charge on any atom is -0.462 e. The first kappa shape index (κ1) is 51.0. The van der Waals surface area contributed by atoms with Crippen LogP contribution in [0.25, 0.3) is 0 Å². The first-order valence-corrected chi connectivity index (χ1v) is 22.6. The van der Waals surface area contributed by atoms with Crippen LogP contribution in [0, 0.1) is 0 Å². The zero-order chi connectivity index (χ0) is 38.9. The summed E-state index contributed by atoms with van der Waals surface area (Å²) in [4.78, 5) is 34.8. The van der Waals surface area contributed by atoms with E-state index in [9.17, 15) is 19.0 Å². The van der Waals surface area contributed by atoms with Gasteiger partial charge in [0, 0.05) is 19.4 Å². The predicted octanol–water partition coefficient (Wildman–Crippen LogP) is 11.9. The van der Waals surface area contributed by atoms with Crippen molar-refractivity contribution in [2.24, 2.45) is 5.73 Å². The SMILES string of the molecule is CC/C=C/C/C=C/C/C=C/CCCCCCCC(=O)OC[C@H](COP(=O)(O)OCCN)OC(=O)CCCCCCCCCCC/C=C/CCCCCC. The second-order valence-electron chi connectivity index (χ2n) is 13.8. The van der Waals surface area contributed by atoms with Crippen molar-refractivity contribution in [2.75, 3.05) is 26.4 Å². The van der Waals surface area contributed by atoms with Gasteiger partial charge in [0.15, 0.2) is 6.10 Å². The monoisotopic (exact) mass is 768 g/mol. The highest BCUT2D eigenvalue weighted by Gasteiger charge is 2.26. The third-order valence-corrected chi connectivity index (χ3v) is 9.68. The molecule has 0 spiro atoms. The summed E-state index contributed by atoms with van der Waals surface area (Å²) < 4.78 is 32.7. The van der Waals surface area contributed by atoms with E-state index in [1.807, 2.05) is 0 Å². The van der Waals surface area contributed by atoms with Crippen molar-refractivity contribution < 1.29 is 37.6 Å². The molecule has 0 fully saturated rings. The normalized spacial score (nSPS) is 13.8. The summed E-state index contributed by atoms with van der Waals surface area (Å²) in [6.07, 6.45) is 44.2. The molecule has 53 heavy (non-hydrogen) atoms. The second kappa shape index (κ2) is 39.7. The molecule has 0 aliphatic rings. The Morgan fingerprint density at radius 3 is 1.57 bits per heavy atom. The van der Waals surface area contributed by atoms with Crippen LogP contribution in [0.2, 0.25) is 0 Å². The molecule has 0 aromatic rings. The summed E-state index contributed by atoms with van der Waals surface area (Å²) in [5.74, 6) is -0.852. The molecule has 0 aliphatic heterocycles. The summed E-state index contributed by atoms with van der Waals surface area (Å²) >= 11 is 0. The largest absolute Gasteiger partial charge is 0.472 e. The van der Waals surface area contributed by atoms with Gasteiger partial charge >= 0.3 is 19.8 Å². The van der Waals surface area contributed by atoms with Crippen molar-refractivity contribution in [1.29, 1.82) is 0 Å². The molecule has 0 aromatic carbocycles. The minimum absolute atomic E-state index is 0.0492.